The van der Waals surface area contributed by atoms with Crippen LogP contribution in [0.15, 0.2) is 48.5 Å². The van der Waals surface area contributed by atoms with Crippen LogP contribution in [0.5, 0.6) is 0 Å². The van der Waals surface area contributed by atoms with Crippen molar-refractivity contribution in [1.82, 2.24) is 0 Å². The molecule has 106 valence electrons. The lowest BCUT2D eigenvalue weighted by Crippen LogP contribution is -2.08. The number of hydrogen-bond donors (Lipinski definition) is 1. The highest BCUT2D eigenvalue weighted by Gasteiger charge is 2.13. The Morgan fingerprint density at radius 2 is 1.20 bits per heavy atom. The summed E-state index contributed by atoms with van der Waals surface area (Å²) >= 11 is 0. The van der Waals surface area contributed by atoms with Gasteiger partial charge in [0.25, 0.3) is 0 Å². The Morgan fingerprint density at radius 3 is 1.65 bits per heavy atom. The van der Waals surface area contributed by atoms with E-state index in [-0.39, 0.29) is 17.3 Å². The fourth-order valence-corrected chi connectivity index (χ4v) is 3.41. The molecule has 0 aromatic heterocycles. The molecule has 3 nitrogen and oxygen atoms in total. The molecule has 0 aliphatic carbocycles. The molecule has 0 radical (unpaired) electrons. The molecule has 2 rings (SSSR count). The van der Waals surface area contributed by atoms with Crippen LogP contribution in [0.25, 0.3) is 0 Å². The highest BCUT2D eigenvalue weighted by atomic mass is 32.2. The van der Waals surface area contributed by atoms with E-state index in [0.29, 0.717) is 12.1 Å². The first-order valence-corrected chi connectivity index (χ1v) is 8.03. The van der Waals surface area contributed by atoms with E-state index in [1.165, 1.54) is 24.3 Å². The first-order chi connectivity index (χ1) is 9.48. The Hall–Kier alpha value is -1.72. The van der Waals surface area contributed by atoms with Crippen molar-refractivity contribution < 1.29 is 12.8 Å². The van der Waals surface area contributed by atoms with E-state index < -0.39 is 9.84 Å². The van der Waals surface area contributed by atoms with Gasteiger partial charge in [0.15, 0.2) is 9.84 Å². The number of nitrogens with two attached hydrogens (primary N) is 1. The van der Waals surface area contributed by atoms with Crippen molar-refractivity contribution in [2.45, 2.75) is 18.1 Å². The van der Waals surface area contributed by atoms with Gasteiger partial charge in [0.1, 0.15) is 5.82 Å². The van der Waals surface area contributed by atoms with Gasteiger partial charge in [0, 0.05) is 6.54 Å². The van der Waals surface area contributed by atoms with Gasteiger partial charge in [0.05, 0.1) is 11.5 Å². The molecular formula is C15H16FNO2S. The third kappa shape index (κ3) is 4.15. The molecule has 2 N–H and O–H groups in total. The molecule has 20 heavy (non-hydrogen) atoms. The number of hydrogen-bond acceptors (Lipinski definition) is 3. The Labute approximate surface area is 118 Å². The van der Waals surface area contributed by atoms with Gasteiger partial charge in [-0.05, 0) is 28.8 Å². The predicted molar refractivity (Wildman–Crippen MR) is 77.1 cm³/mol. The molecule has 0 unspecified atom stereocenters. The molecule has 0 heterocycles. The van der Waals surface area contributed by atoms with Gasteiger partial charge >= 0.3 is 0 Å². The van der Waals surface area contributed by atoms with E-state index in [4.69, 9.17) is 5.73 Å². The zero-order valence-electron chi connectivity index (χ0n) is 10.9. The van der Waals surface area contributed by atoms with Crippen LogP contribution >= 0.6 is 0 Å². The van der Waals surface area contributed by atoms with Crippen molar-refractivity contribution in [2.24, 2.45) is 5.73 Å². The fourth-order valence-electron chi connectivity index (χ4n) is 1.91. The van der Waals surface area contributed by atoms with Crippen LogP contribution in [-0.2, 0) is 27.9 Å². The SMILES string of the molecule is NCc1ccc(CS(=O)(=O)Cc2ccc(F)cc2)cc1. The molecule has 0 atom stereocenters. The summed E-state index contributed by atoms with van der Waals surface area (Å²) in [6.07, 6.45) is 0. The second-order valence-corrected chi connectivity index (χ2v) is 6.74. The van der Waals surface area contributed by atoms with E-state index >= 15 is 0 Å². The van der Waals surface area contributed by atoms with Crippen LogP contribution in [0.1, 0.15) is 16.7 Å². The fraction of sp³-hybridized carbons (Fsp3) is 0.200. The largest absolute Gasteiger partial charge is 0.326 e. The Morgan fingerprint density at radius 1 is 0.800 bits per heavy atom. The van der Waals surface area contributed by atoms with Gasteiger partial charge in [-0.25, -0.2) is 12.8 Å². The average molecular weight is 293 g/mol. The summed E-state index contributed by atoms with van der Waals surface area (Å²) in [6.45, 7) is 0.433. The van der Waals surface area contributed by atoms with E-state index in [9.17, 15) is 12.8 Å². The van der Waals surface area contributed by atoms with E-state index in [1.807, 2.05) is 12.1 Å². The molecular weight excluding hydrogens is 277 g/mol. The van der Waals surface area contributed by atoms with Gasteiger partial charge < -0.3 is 5.73 Å². The summed E-state index contributed by atoms with van der Waals surface area (Å²) in [4.78, 5) is 0. The summed E-state index contributed by atoms with van der Waals surface area (Å²) in [5.74, 6) is -0.496. The summed E-state index contributed by atoms with van der Waals surface area (Å²) in [7, 11) is -3.27. The molecule has 0 aliphatic heterocycles. The minimum Gasteiger partial charge on any atom is -0.326 e. The van der Waals surface area contributed by atoms with Crippen LogP contribution in [0.3, 0.4) is 0 Å². The maximum absolute atomic E-state index is 12.8. The standard InChI is InChI=1S/C15H16FNO2S/c16-15-7-5-14(6-8-15)11-20(18,19)10-13-3-1-12(9-17)2-4-13/h1-8H,9-11,17H2. The second kappa shape index (κ2) is 6.15. The van der Waals surface area contributed by atoms with Crippen LogP contribution in [-0.4, -0.2) is 8.42 Å². The van der Waals surface area contributed by atoms with Gasteiger partial charge in [0.2, 0.25) is 0 Å². The van der Waals surface area contributed by atoms with E-state index in [2.05, 4.69) is 0 Å². The molecule has 0 bridgehead atoms. The van der Waals surface area contributed by atoms with Crippen molar-refractivity contribution >= 4 is 9.84 Å². The van der Waals surface area contributed by atoms with Gasteiger partial charge in [-0.2, -0.15) is 0 Å². The number of rotatable bonds is 5. The molecule has 0 saturated heterocycles. The third-order valence-electron chi connectivity index (χ3n) is 2.95. The minimum absolute atomic E-state index is 0.0325. The molecule has 5 heteroatoms. The van der Waals surface area contributed by atoms with Crippen LogP contribution < -0.4 is 5.73 Å². The van der Waals surface area contributed by atoms with Crippen molar-refractivity contribution in [1.29, 1.82) is 0 Å². The normalized spacial score (nSPS) is 11.5. The van der Waals surface area contributed by atoms with Crippen molar-refractivity contribution in [3.63, 3.8) is 0 Å². The predicted octanol–water partition coefficient (Wildman–Crippen LogP) is 2.40. The maximum Gasteiger partial charge on any atom is 0.158 e. The molecule has 0 saturated carbocycles. The third-order valence-corrected chi connectivity index (χ3v) is 4.49. The highest BCUT2D eigenvalue weighted by molar-refractivity contribution is 7.89. The number of sulfone groups is 1. The van der Waals surface area contributed by atoms with Crippen LogP contribution in [0, 0.1) is 5.82 Å². The van der Waals surface area contributed by atoms with Crippen LogP contribution in [0.2, 0.25) is 0 Å². The summed E-state index contributed by atoms with van der Waals surface area (Å²) in [5, 5.41) is 0. The second-order valence-electron chi connectivity index (χ2n) is 4.68. The Bertz CT molecular complexity index is 664. The quantitative estimate of drug-likeness (QED) is 0.921. The van der Waals surface area contributed by atoms with Gasteiger partial charge in [-0.15, -0.1) is 0 Å². The van der Waals surface area contributed by atoms with E-state index in [1.54, 1.807) is 12.1 Å². The summed E-state index contributed by atoms with van der Waals surface area (Å²) < 4.78 is 37.0. The molecule has 2 aromatic carbocycles. The Kier molecular flexibility index (Phi) is 4.52. The lowest BCUT2D eigenvalue weighted by molar-refractivity contribution is 0.594. The molecule has 2 aromatic rings. The maximum atomic E-state index is 12.8. The van der Waals surface area contributed by atoms with Crippen molar-refractivity contribution in [2.75, 3.05) is 0 Å². The molecule has 0 fully saturated rings. The smallest absolute Gasteiger partial charge is 0.158 e. The lowest BCUT2D eigenvalue weighted by atomic mass is 10.1. The summed E-state index contributed by atoms with van der Waals surface area (Å²) in [6, 6.07) is 12.7. The number of benzene rings is 2. The zero-order valence-corrected chi connectivity index (χ0v) is 11.7. The molecule has 0 amide bonds. The van der Waals surface area contributed by atoms with Crippen LogP contribution in [0.4, 0.5) is 4.39 Å². The molecule has 0 aliphatic rings. The minimum atomic E-state index is -3.27. The molecule has 0 spiro atoms. The highest BCUT2D eigenvalue weighted by Crippen LogP contribution is 2.14. The monoisotopic (exact) mass is 293 g/mol. The zero-order chi connectivity index (χ0) is 14.6. The van der Waals surface area contributed by atoms with Gasteiger partial charge in [-0.1, -0.05) is 36.4 Å². The van der Waals surface area contributed by atoms with Gasteiger partial charge in [-0.3, -0.25) is 0 Å². The van der Waals surface area contributed by atoms with Crippen molar-refractivity contribution in [3.05, 3.63) is 71.0 Å². The number of halogens is 1. The summed E-state index contributed by atoms with van der Waals surface area (Å²) in [5.41, 5.74) is 7.77. The van der Waals surface area contributed by atoms with E-state index in [0.717, 1.165) is 11.1 Å². The first-order valence-electron chi connectivity index (χ1n) is 6.21. The Balaban J connectivity index is 2.08. The average Bonchev–Trinajstić information content (AvgIpc) is 2.41. The first kappa shape index (κ1) is 14.7. The van der Waals surface area contributed by atoms with Crippen molar-refractivity contribution in [3.8, 4) is 0 Å². The lowest BCUT2D eigenvalue weighted by Gasteiger charge is -2.06. The topological polar surface area (TPSA) is 60.2 Å².